The molecule has 3 fully saturated rings. The minimum Gasteiger partial charge on any atom is -0.466 e. The molecule has 2 amide bonds. The molecule has 0 radical (unpaired) electrons. The van der Waals surface area contributed by atoms with Gasteiger partial charge in [-0.2, -0.15) is 0 Å². The summed E-state index contributed by atoms with van der Waals surface area (Å²) in [5.74, 6) is -2.69. The minimum atomic E-state index is -1.14. The molecule has 3 aliphatic rings. The standard InChI is InChI=1S/C29H40N2O6/c1-7-14-30(20-15-17(4)10-11-19(20)6)27(34)25-29-13-12-22(37-29)23(28(35)36-9-3)24(29)26(33)31(25)21(16-32)18(5)8-2/h7,10-11,15,18,21-25,32H,1,8-9,12-14,16H2,2-6H3/t18-,21-,22+,23-,24-,25+,29-/m0/s1. The van der Waals surface area contributed by atoms with E-state index in [9.17, 15) is 19.5 Å². The predicted octanol–water partition coefficient (Wildman–Crippen LogP) is 3.17. The van der Waals surface area contributed by atoms with Crippen LogP contribution in [0.4, 0.5) is 5.69 Å². The number of aryl methyl sites for hydroxylation is 2. The molecule has 0 aliphatic carbocycles. The quantitative estimate of drug-likeness (QED) is 0.382. The number of amides is 2. The third kappa shape index (κ3) is 4.28. The van der Waals surface area contributed by atoms with Gasteiger partial charge in [-0.15, -0.1) is 6.58 Å². The molecule has 7 atom stereocenters. The second-order valence-electron chi connectivity index (χ2n) is 10.7. The monoisotopic (exact) mass is 512 g/mol. The molecule has 37 heavy (non-hydrogen) atoms. The predicted molar refractivity (Wildman–Crippen MR) is 140 cm³/mol. The van der Waals surface area contributed by atoms with Gasteiger partial charge in [-0.1, -0.05) is 38.5 Å². The highest BCUT2D eigenvalue weighted by Crippen LogP contribution is 2.59. The van der Waals surface area contributed by atoms with Crippen molar-refractivity contribution in [1.82, 2.24) is 4.90 Å². The summed E-state index contributed by atoms with van der Waals surface area (Å²) in [5, 5.41) is 10.5. The number of rotatable bonds is 10. The Morgan fingerprint density at radius 1 is 1.35 bits per heavy atom. The largest absolute Gasteiger partial charge is 0.466 e. The van der Waals surface area contributed by atoms with E-state index in [1.165, 1.54) is 0 Å². The van der Waals surface area contributed by atoms with Gasteiger partial charge in [-0.05, 0) is 56.7 Å². The van der Waals surface area contributed by atoms with Gasteiger partial charge in [0.25, 0.3) is 5.91 Å². The molecule has 202 valence electrons. The lowest BCUT2D eigenvalue weighted by atomic mass is 9.70. The van der Waals surface area contributed by atoms with E-state index in [2.05, 4.69) is 6.58 Å². The molecule has 2 bridgehead atoms. The number of ether oxygens (including phenoxy) is 2. The number of aliphatic hydroxyl groups is 1. The Hall–Kier alpha value is -2.71. The molecule has 0 saturated carbocycles. The van der Waals surface area contributed by atoms with Crippen molar-refractivity contribution in [2.75, 3.05) is 24.7 Å². The molecule has 1 aromatic carbocycles. The van der Waals surface area contributed by atoms with E-state index in [4.69, 9.17) is 9.47 Å². The van der Waals surface area contributed by atoms with E-state index in [1.54, 1.807) is 22.8 Å². The van der Waals surface area contributed by atoms with Crippen molar-refractivity contribution >= 4 is 23.5 Å². The van der Waals surface area contributed by atoms with Crippen molar-refractivity contribution in [1.29, 1.82) is 0 Å². The highest BCUT2D eigenvalue weighted by atomic mass is 16.6. The van der Waals surface area contributed by atoms with Gasteiger partial charge in [0.2, 0.25) is 5.91 Å². The van der Waals surface area contributed by atoms with Crippen molar-refractivity contribution in [2.45, 2.75) is 77.7 Å². The summed E-state index contributed by atoms with van der Waals surface area (Å²) < 4.78 is 11.9. The first-order valence-corrected chi connectivity index (χ1v) is 13.4. The summed E-state index contributed by atoms with van der Waals surface area (Å²) in [5.41, 5.74) is 1.53. The number of benzene rings is 1. The third-order valence-electron chi connectivity index (χ3n) is 8.61. The van der Waals surface area contributed by atoms with Gasteiger partial charge in [0.15, 0.2) is 0 Å². The zero-order chi connectivity index (χ0) is 27.1. The Kier molecular flexibility index (Phi) is 7.81. The zero-order valence-corrected chi connectivity index (χ0v) is 22.6. The van der Waals surface area contributed by atoms with Gasteiger partial charge in [-0.3, -0.25) is 14.4 Å². The van der Waals surface area contributed by atoms with Crippen molar-refractivity contribution < 1.29 is 29.0 Å². The number of esters is 1. The van der Waals surface area contributed by atoms with Gasteiger partial charge in [0.1, 0.15) is 11.6 Å². The summed E-state index contributed by atoms with van der Waals surface area (Å²) in [6, 6.07) is 4.36. The van der Waals surface area contributed by atoms with Crippen molar-refractivity contribution in [3.05, 3.63) is 42.0 Å². The molecule has 3 aliphatic heterocycles. The van der Waals surface area contributed by atoms with Crippen molar-refractivity contribution in [2.24, 2.45) is 17.8 Å². The van der Waals surface area contributed by atoms with Gasteiger partial charge in [0, 0.05) is 12.2 Å². The molecule has 1 aromatic rings. The second kappa shape index (κ2) is 10.6. The fourth-order valence-electron chi connectivity index (χ4n) is 6.64. The third-order valence-corrected chi connectivity index (χ3v) is 8.61. The number of likely N-dealkylation sites (tertiary alicyclic amines) is 1. The van der Waals surface area contributed by atoms with Crippen LogP contribution in [0.2, 0.25) is 0 Å². The second-order valence-corrected chi connectivity index (χ2v) is 10.7. The number of hydrogen-bond donors (Lipinski definition) is 1. The van der Waals surface area contributed by atoms with Crippen LogP contribution in [0.1, 0.15) is 51.2 Å². The molecule has 3 saturated heterocycles. The average molecular weight is 513 g/mol. The maximum absolute atomic E-state index is 14.6. The lowest BCUT2D eigenvalue weighted by molar-refractivity contribution is -0.155. The van der Waals surface area contributed by atoms with E-state index >= 15 is 0 Å². The van der Waals surface area contributed by atoms with Gasteiger partial charge >= 0.3 is 5.97 Å². The first kappa shape index (κ1) is 27.3. The fourth-order valence-corrected chi connectivity index (χ4v) is 6.64. The highest BCUT2D eigenvalue weighted by Gasteiger charge is 2.75. The van der Waals surface area contributed by atoms with E-state index in [1.807, 2.05) is 45.9 Å². The topological polar surface area (TPSA) is 96.4 Å². The lowest BCUT2D eigenvalue weighted by Crippen LogP contribution is -2.60. The molecule has 0 unspecified atom stereocenters. The Balaban J connectivity index is 1.86. The van der Waals surface area contributed by atoms with Crippen LogP contribution in [0.15, 0.2) is 30.9 Å². The number of carbonyl (C=O) groups excluding carboxylic acids is 3. The van der Waals surface area contributed by atoms with Crippen LogP contribution in [0.25, 0.3) is 0 Å². The molecule has 1 spiro atoms. The molecule has 8 nitrogen and oxygen atoms in total. The molecular weight excluding hydrogens is 472 g/mol. The number of carbonyl (C=O) groups is 3. The number of aliphatic hydroxyl groups excluding tert-OH is 1. The highest BCUT2D eigenvalue weighted by molar-refractivity contribution is 6.05. The molecular formula is C29H40N2O6. The average Bonchev–Trinajstić information content (AvgIpc) is 3.52. The van der Waals surface area contributed by atoms with Gasteiger partial charge in [0.05, 0.1) is 37.2 Å². The van der Waals surface area contributed by atoms with Crippen LogP contribution in [0, 0.1) is 31.6 Å². The van der Waals surface area contributed by atoms with E-state index in [0.717, 1.165) is 16.8 Å². The Bertz CT molecular complexity index is 1070. The smallest absolute Gasteiger partial charge is 0.312 e. The normalized spacial score (nSPS) is 29.7. The first-order chi connectivity index (χ1) is 17.7. The molecule has 4 rings (SSSR count). The summed E-state index contributed by atoms with van der Waals surface area (Å²) in [6.45, 7) is 13.7. The summed E-state index contributed by atoms with van der Waals surface area (Å²) in [7, 11) is 0. The summed E-state index contributed by atoms with van der Waals surface area (Å²) in [6.07, 6.45) is 2.98. The number of anilines is 1. The van der Waals surface area contributed by atoms with E-state index in [0.29, 0.717) is 19.3 Å². The molecule has 1 N–H and O–H groups in total. The number of nitrogens with zero attached hydrogens (tertiary/aromatic N) is 2. The summed E-state index contributed by atoms with van der Waals surface area (Å²) in [4.78, 5) is 45.1. The van der Waals surface area contributed by atoms with Crippen molar-refractivity contribution in [3.63, 3.8) is 0 Å². The Labute approximate surface area is 219 Å². The van der Waals surface area contributed by atoms with Gasteiger partial charge in [-0.25, -0.2) is 0 Å². The SMILES string of the molecule is C=CCN(C(=O)[C@H]1N([C@@H](CO)[C@@H](C)CC)C(=O)[C@@H]2[C@@H](C(=O)OCC)[C@H]3CC[C@]21O3)c1cc(C)ccc1C. The van der Waals surface area contributed by atoms with Crippen LogP contribution >= 0.6 is 0 Å². The Morgan fingerprint density at radius 3 is 2.70 bits per heavy atom. The fraction of sp³-hybridized carbons (Fsp3) is 0.621. The maximum Gasteiger partial charge on any atom is 0.312 e. The zero-order valence-electron chi connectivity index (χ0n) is 22.6. The van der Waals surface area contributed by atoms with E-state index < -0.39 is 41.6 Å². The first-order valence-electron chi connectivity index (χ1n) is 13.4. The summed E-state index contributed by atoms with van der Waals surface area (Å²) >= 11 is 0. The van der Waals surface area contributed by atoms with Gasteiger partial charge < -0.3 is 24.4 Å². The van der Waals surface area contributed by atoms with E-state index in [-0.39, 0.29) is 37.5 Å². The van der Waals surface area contributed by atoms with Crippen LogP contribution in [-0.4, -0.2) is 71.3 Å². The molecule has 0 aromatic heterocycles. The van der Waals surface area contributed by atoms with Crippen LogP contribution in [0.5, 0.6) is 0 Å². The van der Waals surface area contributed by atoms with Crippen LogP contribution < -0.4 is 4.90 Å². The minimum absolute atomic E-state index is 0.0636. The number of fused-ring (bicyclic) bond motifs is 1. The van der Waals surface area contributed by atoms with Crippen molar-refractivity contribution in [3.8, 4) is 0 Å². The lowest BCUT2D eigenvalue weighted by Gasteiger charge is -2.41. The number of hydrogen-bond acceptors (Lipinski definition) is 6. The van der Waals surface area contributed by atoms with Crippen LogP contribution in [0.3, 0.4) is 0 Å². The Morgan fingerprint density at radius 2 is 2.08 bits per heavy atom. The maximum atomic E-state index is 14.6. The molecule has 8 heteroatoms. The molecule has 3 heterocycles. The van der Waals surface area contributed by atoms with Crippen LogP contribution in [-0.2, 0) is 23.9 Å².